The molecule has 0 fully saturated rings. The topological polar surface area (TPSA) is 3.24 Å². The molecular formula is C20H33ClNPPd+2. The summed E-state index contributed by atoms with van der Waals surface area (Å²) in [6, 6.07) is 4.51. The number of allylic oxidation sites excluding steroid dienone is 2. The molecular weight excluding hydrogens is 427 g/mol. The zero-order valence-electron chi connectivity index (χ0n) is 16.6. The summed E-state index contributed by atoms with van der Waals surface area (Å²) in [5.74, 6) is 0. The van der Waals surface area contributed by atoms with E-state index in [2.05, 4.69) is 91.7 Å². The van der Waals surface area contributed by atoms with Gasteiger partial charge in [0.1, 0.15) is 0 Å². The van der Waals surface area contributed by atoms with Crippen LogP contribution in [0.5, 0.6) is 0 Å². The zero-order valence-corrected chi connectivity index (χ0v) is 19.8. The van der Waals surface area contributed by atoms with Gasteiger partial charge in [0.05, 0.1) is 10.7 Å². The van der Waals surface area contributed by atoms with Crippen molar-refractivity contribution in [3.05, 3.63) is 34.9 Å². The Morgan fingerprint density at radius 2 is 1.54 bits per heavy atom. The standard InChI is InChI=1S/C20H33ClNP.Pd/c1-10-11-12-15-17(14-13-16(18(15)21)22(8)9)23(19(2,3)4)20(5,6)7;/h10-11,13-14H,12H2,1-9H3;/q;+2. The van der Waals surface area contributed by atoms with E-state index in [4.69, 9.17) is 11.6 Å². The Morgan fingerprint density at radius 3 is 1.92 bits per heavy atom. The molecule has 0 aromatic heterocycles. The van der Waals surface area contributed by atoms with Gasteiger partial charge in [0.2, 0.25) is 0 Å². The summed E-state index contributed by atoms with van der Waals surface area (Å²) in [6.45, 7) is 16.2. The fraction of sp³-hybridized carbons (Fsp3) is 0.600. The monoisotopic (exact) mass is 459 g/mol. The summed E-state index contributed by atoms with van der Waals surface area (Å²) in [5.41, 5.74) is 2.40. The van der Waals surface area contributed by atoms with Crippen molar-refractivity contribution >= 4 is 30.5 Å². The molecule has 0 spiro atoms. The molecule has 0 amide bonds. The van der Waals surface area contributed by atoms with Crippen molar-refractivity contribution in [1.82, 2.24) is 0 Å². The maximum absolute atomic E-state index is 6.82. The van der Waals surface area contributed by atoms with Gasteiger partial charge in [-0.15, -0.1) is 0 Å². The second kappa shape index (κ2) is 9.19. The average molecular weight is 460 g/mol. The molecule has 1 aromatic carbocycles. The molecule has 1 rings (SSSR count). The molecule has 0 saturated carbocycles. The molecule has 1 nitrogen and oxygen atoms in total. The van der Waals surface area contributed by atoms with Crippen LogP contribution in [0.3, 0.4) is 0 Å². The predicted octanol–water partition coefficient (Wildman–Crippen LogP) is 6.23. The summed E-state index contributed by atoms with van der Waals surface area (Å²) < 4.78 is 0. The quantitative estimate of drug-likeness (QED) is 0.293. The van der Waals surface area contributed by atoms with Gasteiger partial charge in [-0.1, -0.05) is 79.3 Å². The fourth-order valence-electron chi connectivity index (χ4n) is 3.31. The molecule has 0 unspecified atom stereocenters. The Hall–Kier alpha value is 0.142. The molecule has 0 atom stereocenters. The molecule has 0 heterocycles. The molecule has 1 aromatic rings. The number of hydrogen-bond donors (Lipinski definition) is 0. The molecule has 4 heteroatoms. The van der Waals surface area contributed by atoms with Crippen LogP contribution in [0.4, 0.5) is 5.69 Å². The second-order valence-electron chi connectivity index (χ2n) is 8.24. The maximum Gasteiger partial charge on any atom is 2.00 e. The van der Waals surface area contributed by atoms with E-state index in [1.807, 2.05) is 0 Å². The first-order valence-electron chi connectivity index (χ1n) is 8.31. The van der Waals surface area contributed by atoms with Gasteiger partial charge in [-0.05, 0) is 40.6 Å². The van der Waals surface area contributed by atoms with Crippen LogP contribution in [0, 0.1) is 0 Å². The smallest absolute Gasteiger partial charge is 0.376 e. The maximum atomic E-state index is 6.82. The van der Waals surface area contributed by atoms with Gasteiger partial charge in [-0.3, -0.25) is 0 Å². The van der Waals surface area contributed by atoms with Crippen molar-refractivity contribution in [2.75, 3.05) is 19.0 Å². The molecule has 0 N–H and O–H groups in total. The van der Waals surface area contributed by atoms with E-state index in [1.54, 1.807) is 0 Å². The normalized spacial score (nSPS) is 12.6. The van der Waals surface area contributed by atoms with E-state index in [0.29, 0.717) is 0 Å². The van der Waals surface area contributed by atoms with E-state index in [0.717, 1.165) is 17.1 Å². The van der Waals surface area contributed by atoms with E-state index in [1.165, 1.54) is 10.9 Å². The van der Waals surface area contributed by atoms with Gasteiger partial charge in [0.15, 0.2) is 0 Å². The molecule has 0 aliphatic heterocycles. The van der Waals surface area contributed by atoms with Gasteiger partial charge in [0.25, 0.3) is 0 Å². The summed E-state index contributed by atoms with van der Waals surface area (Å²) in [5, 5.41) is 2.84. The minimum Gasteiger partial charge on any atom is -0.376 e. The van der Waals surface area contributed by atoms with Crippen LogP contribution >= 0.6 is 19.5 Å². The molecule has 0 bridgehead atoms. The van der Waals surface area contributed by atoms with Gasteiger partial charge in [-0.2, -0.15) is 0 Å². The second-order valence-corrected chi connectivity index (χ2v) is 12.5. The largest absolute Gasteiger partial charge is 2.00 e. The van der Waals surface area contributed by atoms with Crippen LogP contribution in [-0.4, -0.2) is 24.4 Å². The van der Waals surface area contributed by atoms with Crippen LogP contribution in [0.1, 0.15) is 54.0 Å². The summed E-state index contributed by atoms with van der Waals surface area (Å²) in [6.07, 6.45) is 5.22. The Bertz CT molecular complexity index is 554. The van der Waals surface area contributed by atoms with Gasteiger partial charge < -0.3 is 4.90 Å². The van der Waals surface area contributed by atoms with Crippen molar-refractivity contribution in [3.63, 3.8) is 0 Å². The Labute approximate surface area is 169 Å². The van der Waals surface area contributed by atoms with Crippen molar-refractivity contribution in [2.24, 2.45) is 0 Å². The van der Waals surface area contributed by atoms with Crippen LogP contribution < -0.4 is 10.2 Å². The van der Waals surface area contributed by atoms with Crippen LogP contribution in [0.2, 0.25) is 5.02 Å². The summed E-state index contributed by atoms with van der Waals surface area (Å²) in [7, 11) is 3.74. The SMILES string of the molecule is CC=CCc1c(P(C(C)(C)C)C(C)(C)C)ccc(N(C)C)c1Cl.[Pd+2]. The third-order valence-electron chi connectivity index (χ3n) is 3.82. The number of hydrogen-bond acceptors (Lipinski definition) is 1. The van der Waals surface area contributed by atoms with Gasteiger partial charge in [0, 0.05) is 14.1 Å². The Kier molecular flexibility index (Phi) is 9.24. The molecule has 0 aliphatic carbocycles. The number of benzene rings is 1. The molecule has 0 aliphatic rings. The number of anilines is 1. The van der Waals surface area contributed by atoms with Crippen LogP contribution in [0.15, 0.2) is 24.3 Å². The number of nitrogens with zero attached hydrogens (tertiary/aromatic N) is 1. The average Bonchev–Trinajstić information content (AvgIpc) is 2.34. The first-order valence-corrected chi connectivity index (χ1v) is 10.0. The van der Waals surface area contributed by atoms with E-state index in [9.17, 15) is 0 Å². The molecule has 138 valence electrons. The van der Waals surface area contributed by atoms with Gasteiger partial charge in [-0.25, -0.2) is 0 Å². The number of rotatable bonds is 4. The van der Waals surface area contributed by atoms with Crippen molar-refractivity contribution < 1.29 is 20.4 Å². The van der Waals surface area contributed by atoms with E-state index in [-0.39, 0.29) is 38.7 Å². The minimum atomic E-state index is -0.360. The van der Waals surface area contributed by atoms with Crippen molar-refractivity contribution in [3.8, 4) is 0 Å². The minimum absolute atomic E-state index is 0. The van der Waals surface area contributed by atoms with Crippen LogP contribution in [0.25, 0.3) is 0 Å². The van der Waals surface area contributed by atoms with E-state index < -0.39 is 0 Å². The zero-order chi connectivity index (χ0) is 18.0. The third-order valence-corrected chi connectivity index (χ3v) is 7.83. The Balaban J connectivity index is 0.00000529. The molecule has 0 radical (unpaired) electrons. The predicted molar refractivity (Wildman–Crippen MR) is 110 cm³/mol. The first-order chi connectivity index (χ1) is 10.4. The Morgan fingerprint density at radius 1 is 1.04 bits per heavy atom. The fourth-order valence-corrected chi connectivity index (χ4v) is 7.94. The number of halogens is 1. The van der Waals surface area contributed by atoms with Gasteiger partial charge >= 0.3 is 20.4 Å². The third kappa shape index (κ3) is 5.85. The molecule has 0 saturated heterocycles. The van der Waals surface area contributed by atoms with Crippen molar-refractivity contribution in [2.45, 2.75) is 65.2 Å². The van der Waals surface area contributed by atoms with E-state index >= 15 is 0 Å². The van der Waals surface area contributed by atoms with Crippen LogP contribution in [-0.2, 0) is 26.8 Å². The molecule has 24 heavy (non-hydrogen) atoms. The summed E-state index contributed by atoms with van der Waals surface area (Å²) >= 11 is 6.82. The summed E-state index contributed by atoms with van der Waals surface area (Å²) in [4.78, 5) is 2.10. The van der Waals surface area contributed by atoms with Crippen molar-refractivity contribution in [1.29, 1.82) is 0 Å². The first kappa shape index (κ1) is 24.1.